The van der Waals surface area contributed by atoms with E-state index in [0.29, 0.717) is 2.74 Å². The molecule has 2 rings (SSSR count). The monoisotopic (exact) mass is 226 g/mol. The first-order chi connectivity index (χ1) is 5.16. The molecule has 2 aliphatic heterocycles. The molecule has 0 nitrogen and oxygen atoms in total. The van der Waals surface area contributed by atoms with Gasteiger partial charge in [0.25, 0.3) is 0 Å². The van der Waals surface area contributed by atoms with E-state index in [0.717, 1.165) is 0 Å². The Bertz CT molecular complexity index is 154. The summed E-state index contributed by atoms with van der Waals surface area (Å²) in [6.07, 6.45) is 5.02. The molecule has 0 bridgehead atoms. The fraction of sp³-hybridized carbons (Fsp3) is 1.00. The Labute approximate surface area is 83.3 Å². The minimum absolute atomic E-state index is 0.297. The summed E-state index contributed by atoms with van der Waals surface area (Å²) >= 11 is 6.67. The van der Waals surface area contributed by atoms with E-state index in [4.69, 9.17) is 0 Å². The first-order valence-corrected chi connectivity index (χ1v) is 9.36. The lowest BCUT2D eigenvalue weighted by atomic mass is 11.0. The molecule has 0 radical (unpaired) electrons. The predicted molar refractivity (Wildman–Crippen MR) is 64.4 cm³/mol. The van der Waals surface area contributed by atoms with Crippen molar-refractivity contribution in [3.8, 4) is 0 Å². The molecule has 0 aromatic carbocycles. The second kappa shape index (κ2) is 2.96. The lowest BCUT2D eigenvalue weighted by Crippen LogP contribution is -2.16. The first-order valence-electron chi connectivity index (χ1n) is 3.79. The minimum Gasteiger partial charge on any atom is -0.213 e. The van der Waals surface area contributed by atoms with Gasteiger partial charge in [-0.25, -0.2) is 10.0 Å². The summed E-state index contributed by atoms with van der Waals surface area (Å²) in [6, 6.07) is 0. The van der Waals surface area contributed by atoms with Crippen LogP contribution in [0.1, 0.15) is 0 Å². The SMILES string of the molecule is CS1(C)CCSC12SCCS2. The fourth-order valence-corrected chi connectivity index (χ4v) is 12.9. The normalized spacial score (nSPS) is 36.2. The van der Waals surface area contributed by atoms with E-state index in [2.05, 4.69) is 47.8 Å². The molecule has 2 saturated heterocycles. The van der Waals surface area contributed by atoms with Gasteiger partial charge < -0.3 is 0 Å². The zero-order chi connectivity index (χ0) is 7.95. The van der Waals surface area contributed by atoms with Gasteiger partial charge in [-0.1, -0.05) is 0 Å². The Hall–Kier alpha value is 1.40. The van der Waals surface area contributed by atoms with E-state index in [-0.39, 0.29) is 10.0 Å². The summed E-state index contributed by atoms with van der Waals surface area (Å²) in [7, 11) is -0.297. The average Bonchev–Trinajstić information content (AvgIpc) is 2.45. The van der Waals surface area contributed by atoms with Gasteiger partial charge in [0, 0.05) is 17.3 Å². The Morgan fingerprint density at radius 1 is 1.00 bits per heavy atom. The Morgan fingerprint density at radius 2 is 1.55 bits per heavy atom. The van der Waals surface area contributed by atoms with Crippen molar-refractivity contribution in [1.29, 1.82) is 0 Å². The molecule has 0 N–H and O–H groups in total. The molecule has 0 amide bonds. The van der Waals surface area contributed by atoms with Crippen molar-refractivity contribution in [3.05, 3.63) is 0 Å². The summed E-state index contributed by atoms with van der Waals surface area (Å²) < 4.78 is 0.618. The fourth-order valence-electron chi connectivity index (χ4n) is 1.44. The maximum absolute atomic E-state index is 2.51. The first kappa shape index (κ1) is 8.97. The van der Waals surface area contributed by atoms with Crippen molar-refractivity contribution in [2.24, 2.45) is 0 Å². The van der Waals surface area contributed by atoms with Crippen LogP contribution in [0.4, 0.5) is 0 Å². The summed E-state index contributed by atoms with van der Waals surface area (Å²) in [5, 5.41) is 0. The van der Waals surface area contributed by atoms with Gasteiger partial charge >= 0.3 is 0 Å². The van der Waals surface area contributed by atoms with E-state index < -0.39 is 0 Å². The van der Waals surface area contributed by atoms with Crippen LogP contribution in [0.25, 0.3) is 0 Å². The highest BCUT2D eigenvalue weighted by molar-refractivity contribution is 8.61. The molecule has 1 spiro atoms. The Morgan fingerprint density at radius 3 is 2.00 bits per heavy atom. The van der Waals surface area contributed by atoms with Crippen LogP contribution < -0.4 is 0 Å². The van der Waals surface area contributed by atoms with Crippen LogP contribution in [-0.2, 0) is 0 Å². The second-order valence-electron chi connectivity index (χ2n) is 3.29. The maximum atomic E-state index is 2.51. The summed E-state index contributed by atoms with van der Waals surface area (Å²) in [5.41, 5.74) is 0. The zero-order valence-corrected chi connectivity index (χ0v) is 10.2. The highest BCUT2D eigenvalue weighted by atomic mass is 32.4. The predicted octanol–water partition coefficient (Wildman–Crippen LogP) is 2.89. The number of hydrogen-bond acceptors (Lipinski definition) is 3. The van der Waals surface area contributed by atoms with Crippen LogP contribution in [0.2, 0.25) is 0 Å². The van der Waals surface area contributed by atoms with Gasteiger partial charge in [0.05, 0.1) is 0 Å². The summed E-state index contributed by atoms with van der Waals surface area (Å²) in [4.78, 5) is 0. The van der Waals surface area contributed by atoms with Crippen molar-refractivity contribution in [3.63, 3.8) is 0 Å². The number of rotatable bonds is 0. The van der Waals surface area contributed by atoms with Crippen molar-refractivity contribution < 1.29 is 0 Å². The van der Waals surface area contributed by atoms with Gasteiger partial charge in [-0.15, -0.1) is 35.3 Å². The molecule has 0 aromatic rings. The van der Waals surface area contributed by atoms with Crippen LogP contribution in [0.15, 0.2) is 0 Å². The van der Waals surface area contributed by atoms with Crippen molar-refractivity contribution in [2.45, 2.75) is 2.74 Å². The topological polar surface area (TPSA) is 0 Å². The molecule has 0 aliphatic carbocycles. The largest absolute Gasteiger partial charge is 0.213 e. The van der Waals surface area contributed by atoms with Gasteiger partial charge in [0.1, 0.15) is 2.74 Å². The van der Waals surface area contributed by atoms with Gasteiger partial charge in [-0.3, -0.25) is 0 Å². The van der Waals surface area contributed by atoms with E-state index >= 15 is 0 Å². The van der Waals surface area contributed by atoms with E-state index in [1.54, 1.807) is 0 Å². The van der Waals surface area contributed by atoms with E-state index in [9.17, 15) is 0 Å². The third-order valence-corrected chi connectivity index (χ3v) is 14.8. The van der Waals surface area contributed by atoms with E-state index in [1.807, 2.05) is 0 Å². The average molecular weight is 226 g/mol. The molecule has 11 heavy (non-hydrogen) atoms. The molecule has 4 heteroatoms. The lowest BCUT2D eigenvalue weighted by molar-refractivity contribution is 1.55. The third-order valence-electron chi connectivity index (χ3n) is 2.19. The van der Waals surface area contributed by atoms with Gasteiger partial charge in [-0.2, -0.15) is 0 Å². The zero-order valence-electron chi connectivity index (χ0n) is 6.96. The van der Waals surface area contributed by atoms with Crippen LogP contribution in [-0.4, -0.2) is 38.3 Å². The maximum Gasteiger partial charge on any atom is 0.138 e. The Balaban J connectivity index is 2.22. The molecule has 0 unspecified atom stereocenters. The third kappa shape index (κ3) is 1.34. The molecule has 0 saturated carbocycles. The van der Waals surface area contributed by atoms with Crippen LogP contribution in [0.3, 0.4) is 0 Å². The summed E-state index contributed by atoms with van der Waals surface area (Å²) in [6.45, 7) is 0. The second-order valence-corrected chi connectivity index (χ2v) is 12.9. The van der Waals surface area contributed by atoms with Gasteiger partial charge in [0.2, 0.25) is 0 Å². The molecular weight excluding hydrogens is 212 g/mol. The molecule has 2 aliphatic rings. The highest BCUT2D eigenvalue weighted by Crippen LogP contribution is 2.76. The molecule has 0 atom stereocenters. The molecule has 2 fully saturated rings. The summed E-state index contributed by atoms with van der Waals surface area (Å²) in [5.74, 6) is 5.65. The van der Waals surface area contributed by atoms with Gasteiger partial charge in [-0.05, 0) is 18.3 Å². The van der Waals surface area contributed by atoms with Crippen LogP contribution in [0.5, 0.6) is 0 Å². The molecule has 0 aromatic heterocycles. The standard InChI is InChI=1S/C7H14S4/c1-11(2)6-5-10-7(11)8-3-4-9-7/h3-6H2,1-2H3. The molecule has 66 valence electrons. The van der Waals surface area contributed by atoms with Crippen LogP contribution >= 0.6 is 45.3 Å². The van der Waals surface area contributed by atoms with Crippen molar-refractivity contribution >= 4 is 45.3 Å². The Kier molecular flexibility index (Phi) is 2.42. The smallest absolute Gasteiger partial charge is 0.138 e. The van der Waals surface area contributed by atoms with Crippen LogP contribution in [0, 0.1) is 0 Å². The van der Waals surface area contributed by atoms with Crippen molar-refractivity contribution in [2.75, 3.05) is 35.5 Å². The van der Waals surface area contributed by atoms with Crippen molar-refractivity contribution in [1.82, 2.24) is 0 Å². The minimum atomic E-state index is -0.297. The lowest BCUT2D eigenvalue weighted by Gasteiger charge is -2.40. The number of thioether (sulfide) groups is 3. The van der Waals surface area contributed by atoms with Gasteiger partial charge in [0.15, 0.2) is 0 Å². The molecule has 2 heterocycles. The molecular formula is C7H14S4. The highest BCUT2D eigenvalue weighted by Gasteiger charge is 2.49. The number of hydrogen-bond donors (Lipinski definition) is 0. The quantitative estimate of drug-likeness (QED) is 0.623. The van der Waals surface area contributed by atoms with E-state index in [1.165, 1.54) is 23.0 Å².